The number of nitrogens with one attached hydrogen (secondary N) is 1. The molecular formula is C20H24FN3O2. The number of carbonyl (C=O) groups excluding carboxylic acids is 1. The molecule has 2 aromatic carbocycles. The van der Waals surface area contributed by atoms with Crippen LogP contribution in [-0.2, 0) is 16.0 Å². The Labute approximate surface area is 152 Å². The van der Waals surface area contributed by atoms with Crippen LogP contribution < -0.4 is 11.1 Å². The lowest BCUT2D eigenvalue weighted by atomic mass is 10.0. The molecule has 0 aliphatic carbocycles. The van der Waals surface area contributed by atoms with E-state index in [0.29, 0.717) is 31.9 Å². The molecule has 5 nitrogen and oxygen atoms in total. The number of nitrogens with two attached hydrogens (primary N) is 1. The number of nitrogen functional groups attached to an aromatic ring is 1. The number of nitrogens with zero attached hydrogens (tertiary/aromatic N) is 1. The molecule has 6 heteroatoms. The fraction of sp³-hybridized carbons (Fsp3) is 0.350. The zero-order valence-electron chi connectivity index (χ0n) is 14.7. The lowest BCUT2D eigenvalue weighted by Crippen LogP contribution is -2.44. The van der Waals surface area contributed by atoms with Gasteiger partial charge in [-0.3, -0.25) is 9.69 Å². The summed E-state index contributed by atoms with van der Waals surface area (Å²) < 4.78 is 18.7. The van der Waals surface area contributed by atoms with Gasteiger partial charge in [0.1, 0.15) is 5.82 Å². The van der Waals surface area contributed by atoms with Crippen molar-refractivity contribution in [2.75, 3.05) is 38.6 Å². The Morgan fingerprint density at radius 2 is 1.77 bits per heavy atom. The van der Waals surface area contributed by atoms with Crippen molar-refractivity contribution in [3.63, 3.8) is 0 Å². The molecule has 1 amide bonds. The van der Waals surface area contributed by atoms with Gasteiger partial charge < -0.3 is 15.8 Å². The molecule has 1 aliphatic heterocycles. The summed E-state index contributed by atoms with van der Waals surface area (Å²) >= 11 is 0. The minimum absolute atomic E-state index is 0.00475. The summed E-state index contributed by atoms with van der Waals surface area (Å²) in [5.74, 6) is -0.308. The first-order valence-electron chi connectivity index (χ1n) is 8.80. The van der Waals surface area contributed by atoms with Gasteiger partial charge in [0, 0.05) is 25.3 Å². The first-order chi connectivity index (χ1) is 12.6. The highest BCUT2D eigenvalue weighted by Gasteiger charge is 2.23. The third kappa shape index (κ3) is 5.03. The van der Waals surface area contributed by atoms with Gasteiger partial charge in [0.2, 0.25) is 5.91 Å². The summed E-state index contributed by atoms with van der Waals surface area (Å²) in [6.45, 7) is 3.37. The molecule has 0 saturated carbocycles. The number of carbonyl (C=O) groups is 1. The number of benzene rings is 2. The van der Waals surface area contributed by atoms with Gasteiger partial charge in [-0.2, -0.15) is 0 Å². The van der Waals surface area contributed by atoms with Crippen LogP contribution in [0.2, 0.25) is 0 Å². The van der Waals surface area contributed by atoms with Crippen LogP contribution in [0.15, 0.2) is 48.5 Å². The molecule has 1 aliphatic rings. The van der Waals surface area contributed by atoms with Crippen LogP contribution in [-0.4, -0.2) is 43.7 Å². The Morgan fingerprint density at radius 1 is 1.12 bits per heavy atom. The van der Waals surface area contributed by atoms with Crippen molar-refractivity contribution < 1.29 is 13.9 Å². The standard InChI is InChI=1S/C20H24FN3O2/c21-17-5-3-16(4-6-17)19(24-9-11-26-12-10-24)14-23-20(25)13-15-1-7-18(22)8-2-15/h1-8,19H,9-14,22H2,(H,23,25). The van der Waals surface area contributed by atoms with E-state index < -0.39 is 0 Å². The highest BCUT2D eigenvalue weighted by Crippen LogP contribution is 2.21. The number of halogens is 1. The second-order valence-corrected chi connectivity index (χ2v) is 6.44. The summed E-state index contributed by atoms with van der Waals surface area (Å²) in [6.07, 6.45) is 0.305. The maximum atomic E-state index is 13.3. The maximum absolute atomic E-state index is 13.3. The average molecular weight is 357 g/mol. The van der Waals surface area contributed by atoms with Crippen molar-refractivity contribution in [3.05, 3.63) is 65.5 Å². The molecule has 26 heavy (non-hydrogen) atoms. The van der Waals surface area contributed by atoms with E-state index in [2.05, 4.69) is 10.2 Å². The number of anilines is 1. The molecule has 138 valence electrons. The average Bonchev–Trinajstić information content (AvgIpc) is 2.66. The van der Waals surface area contributed by atoms with Crippen LogP contribution in [0.4, 0.5) is 10.1 Å². The molecule has 3 N–H and O–H groups in total. The Bertz CT molecular complexity index is 713. The minimum Gasteiger partial charge on any atom is -0.399 e. The SMILES string of the molecule is Nc1ccc(CC(=O)NCC(c2ccc(F)cc2)N2CCOCC2)cc1. The third-order valence-corrected chi connectivity index (χ3v) is 4.58. The van der Waals surface area contributed by atoms with Gasteiger partial charge in [-0.1, -0.05) is 24.3 Å². The Balaban J connectivity index is 1.64. The molecule has 1 saturated heterocycles. The molecule has 1 unspecified atom stereocenters. The van der Waals surface area contributed by atoms with Crippen molar-refractivity contribution in [3.8, 4) is 0 Å². The van der Waals surface area contributed by atoms with Gasteiger partial charge in [0.05, 0.1) is 25.7 Å². The zero-order valence-corrected chi connectivity index (χ0v) is 14.7. The van der Waals surface area contributed by atoms with Crippen molar-refractivity contribution in [2.45, 2.75) is 12.5 Å². The normalized spacial score (nSPS) is 16.2. The quantitative estimate of drug-likeness (QED) is 0.778. The van der Waals surface area contributed by atoms with Crippen LogP contribution in [0.3, 0.4) is 0 Å². The summed E-state index contributed by atoms with van der Waals surface area (Å²) in [4.78, 5) is 14.6. The molecular weight excluding hydrogens is 333 g/mol. The number of hydrogen-bond acceptors (Lipinski definition) is 4. The molecule has 0 aromatic heterocycles. The van der Waals surface area contributed by atoms with Gasteiger partial charge in [0.15, 0.2) is 0 Å². The molecule has 0 spiro atoms. The van der Waals surface area contributed by atoms with Crippen molar-refractivity contribution in [1.82, 2.24) is 10.2 Å². The highest BCUT2D eigenvalue weighted by atomic mass is 19.1. The smallest absolute Gasteiger partial charge is 0.224 e. The summed E-state index contributed by atoms with van der Waals surface area (Å²) in [6, 6.07) is 13.8. The van der Waals surface area contributed by atoms with Crippen LogP contribution in [0, 0.1) is 5.82 Å². The predicted molar refractivity (Wildman–Crippen MR) is 99.1 cm³/mol. The Hall–Kier alpha value is -2.44. The van der Waals surface area contributed by atoms with Crippen LogP contribution in [0.25, 0.3) is 0 Å². The lowest BCUT2D eigenvalue weighted by Gasteiger charge is -2.35. The van der Waals surface area contributed by atoms with Crippen LogP contribution in [0.1, 0.15) is 17.2 Å². The predicted octanol–water partition coefficient (Wildman–Crippen LogP) is 2.14. The fourth-order valence-electron chi connectivity index (χ4n) is 3.13. The van der Waals surface area contributed by atoms with E-state index >= 15 is 0 Å². The molecule has 1 heterocycles. The molecule has 1 atom stereocenters. The Kier molecular flexibility index (Phi) is 6.20. The van der Waals surface area contributed by atoms with E-state index in [-0.39, 0.29) is 17.8 Å². The van der Waals surface area contributed by atoms with E-state index in [4.69, 9.17) is 10.5 Å². The van der Waals surface area contributed by atoms with Gasteiger partial charge >= 0.3 is 0 Å². The largest absolute Gasteiger partial charge is 0.399 e. The fourth-order valence-corrected chi connectivity index (χ4v) is 3.13. The molecule has 1 fully saturated rings. The van der Waals surface area contributed by atoms with E-state index in [1.807, 2.05) is 12.1 Å². The first-order valence-corrected chi connectivity index (χ1v) is 8.80. The second-order valence-electron chi connectivity index (χ2n) is 6.44. The van der Waals surface area contributed by atoms with Crippen LogP contribution in [0.5, 0.6) is 0 Å². The summed E-state index contributed by atoms with van der Waals surface area (Å²) in [5.41, 5.74) is 8.25. The Morgan fingerprint density at radius 3 is 2.42 bits per heavy atom. The number of morpholine rings is 1. The van der Waals surface area contributed by atoms with Gasteiger partial charge in [0.25, 0.3) is 0 Å². The number of hydrogen-bond donors (Lipinski definition) is 2. The number of rotatable bonds is 6. The summed E-state index contributed by atoms with van der Waals surface area (Å²) in [7, 11) is 0. The summed E-state index contributed by atoms with van der Waals surface area (Å²) in [5, 5.41) is 3.01. The molecule has 0 bridgehead atoms. The van der Waals surface area contributed by atoms with Gasteiger partial charge in [-0.15, -0.1) is 0 Å². The minimum atomic E-state index is -0.262. The van der Waals surface area contributed by atoms with Crippen molar-refractivity contribution in [1.29, 1.82) is 0 Å². The second kappa shape index (κ2) is 8.78. The van der Waals surface area contributed by atoms with E-state index in [0.717, 1.165) is 24.2 Å². The third-order valence-electron chi connectivity index (χ3n) is 4.58. The van der Waals surface area contributed by atoms with E-state index in [1.54, 1.807) is 24.3 Å². The lowest BCUT2D eigenvalue weighted by molar-refractivity contribution is -0.120. The van der Waals surface area contributed by atoms with Gasteiger partial charge in [-0.05, 0) is 35.4 Å². The molecule has 2 aromatic rings. The highest BCUT2D eigenvalue weighted by molar-refractivity contribution is 5.78. The van der Waals surface area contributed by atoms with Gasteiger partial charge in [-0.25, -0.2) is 4.39 Å². The van der Waals surface area contributed by atoms with Crippen molar-refractivity contribution >= 4 is 11.6 Å². The van der Waals surface area contributed by atoms with Crippen LogP contribution >= 0.6 is 0 Å². The van der Waals surface area contributed by atoms with E-state index in [1.165, 1.54) is 12.1 Å². The monoisotopic (exact) mass is 357 g/mol. The molecule has 0 radical (unpaired) electrons. The van der Waals surface area contributed by atoms with Crippen molar-refractivity contribution in [2.24, 2.45) is 0 Å². The zero-order chi connectivity index (χ0) is 18.4. The topological polar surface area (TPSA) is 67.6 Å². The maximum Gasteiger partial charge on any atom is 0.224 e. The number of ether oxygens (including phenoxy) is 1. The number of amides is 1. The van der Waals surface area contributed by atoms with E-state index in [9.17, 15) is 9.18 Å². The molecule has 3 rings (SSSR count). The first kappa shape index (κ1) is 18.4.